The van der Waals surface area contributed by atoms with E-state index in [0.29, 0.717) is 12.5 Å². The predicted octanol–water partition coefficient (Wildman–Crippen LogP) is 4.44. The molecular formula is C21H25ClN2O2S. The fourth-order valence-electron chi connectivity index (χ4n) is 3.97. The number of carbonyl (C=O) groups is 1. The molecule has 1 aromatic carbocycles. The number of likely N-dealkylation sites (tertiary alicyclic amines) is 1. The molecular weight excluding hydrogens is 380 g/mol. The van der Waals surface area contributed by atoms with Gasteiger partial charge in [0.2, 0.25) is 0 Å². The number of hydrogen-bond acceptors (Lipinski definition) is 4. The molecule has 0 aliphatic carbocycles. The summed E-state index contributed by atoms with van der Waals surface area (Å²) in [5, 5.41) is 0.809. The highest BCUT2D eigenvalue weighted by molar-refractivity contribution is 7.17. The van der Waals surface area contributed by atoms with Crippen LogP contribution in [0, 0.1) is 6.92 Å². The molecule has 2 N–H and O–H groups in total. The van der Waals surface area contributed by atoms with Gasteiger partial charge in [-0.2, -0.15) is 0 Å². The number of aryl methyl sites for hydroxylation is 1. The lowest BCUT2D eigenvalue weighted by atomic mass is 9.91. The topological polar surface area (TPSA) is 55.6 Å². The van der Waals surface area contributed by atoms with Gasteiger partial charge in [0.05, 0.1) is 4.88 Å². The Morgan fingerprint density at radius 2 is 2.04 bits per heavy atom. The van der Waals surface area contributed by atoms with Gasteiger partial charge in [0, 0.05) is 42.2 Å². The highest BCUT2D eigenvalue weighted by Crippen LogP contribution is 2.38. The number of amides is 1. The van der Waals surface area contributed by atoms with Crippen molar-refractivity contribution in [3.8, 4) is 10.4 Å². The van der Waals surface area contributed by atoms with Gasteiger partial charge < -0.3 is 15.4 Å². The number of benzene rings is 1. The van der Waals surface area contributed by atoms with E-state index in [4.69, 9.17) is 22.1 Å². The molecule has 27 heavy (non-hydrogen) atoms. The van der Waals surface area contributed by atoms with Gasteiger partial charge in [-0.25, -0.2) is 0 Å². The van der Waals surface area contributed by atoms with Crippen molar-refractivity contribution in [2.24, 2.45) is 5.73 Å². The molecule has 0 bridgehead atoms. The van der Waals surface area contributed by atoms with E-state index < -0.39 is 0 Å². The minimum Gasteiger partial charge on any atom is -0.381 e. The fraction of sp³-hybridized carbons (Fsp3) is 0.476. The van der Waals surface area contributed by atoms with Crippen molar-refractivity contribution < 1.29 is 9.53 Å². The third-order valence-electron chi connectivity index (χ3n) is 5.57. The third kappa shape index (κ3) is 3.92. The summed E-state index contributed by atoms with van der Waals surface area (Å²) in [4.78, 5) is 16.6. The highest BCUT2D eigenvalue weighted by atomic mass is 35.5. The Morgan fingerprint density at radius 3 is 2.70 bits per heavy atom. The Hall–Kier alpha value is -1.40. The minimum absolute atomic E-state index is 0.0987. The number of thiophene rings is 1. The highest BCUT2D eigenvalue weighted by Gasteiger charge is 2.27. The summed E-state index contributed by atoms with van der Waals surface area (Å²) in [6, 6.07) is 8.50. The second-order valence-electron chi connectivity index (χ2n) is 7.55. The molecule has 3 heterocycles. The van der Waals surface area contributed by atoms with Crippen LogP contribution in [0.1, 0.15) is 46.0 Å². The lowest BCUT2D eigenvalue weighted by Crippen LogP contribution is -2.31. The van der Waals surface area contributed by atoms with E-state index >= 15 is 0 Å². The van der Waals surface area contributed by atoms with Gasteiger partial charge in [-0.15, -0.1) is 11.3 Å². The number of nitrogens with two attached hydrogens (primary N) is 1. The number of carbonyl (C=O) groups excluding carboxylic acids is 1. The summed E-state index contributed by atoms with van der Waals surface area (Å²) >= 11 is 8.16. The van der Waals surface area contributed by atoms with E-state index in [1.807, 2.05) is 17.9 Å². The number of rotatable bonds is 3. The Kier molecular flexibility index (Phi) is 5.55. The number of ether oxygens (including phenoxy) is 1. The van der Waals surface area contributed by atoms with E-state index in [1.54, 1.807) is 11.3 Å². The lowest BCUT2D eigenvalue weighted by Gasteiger charge is -2.23. The van der Waals surface area contributed by atoms with Gasteiger partial charge in [-0.1, -0.05) is 23.7 Å². The zero-order chi connectivity index (χ0) is 19.0. The quantitative estimate of drug-likeness (QED) is 0.822. The molecule has 1 amide bonds. The summed E-state index contributed by atoms with van der Waals surface area (Å²) in [5.74, 6) is 0.573. The Labute approximate surface area is 169 Å². The predicted molar refractivity (Wildman–Crippen MR) is 111 cm³/mol. The van der Waals surface area contributed by atoms with Gasteiger partial charge in [0.25, 0.3) is 5.91 Å². The molecule has 0 unspecified atom stereocenters. The van der Waals surface area contributed by atoms with Crippen molar-refractivity contribution in [2.75, 3.05) is 26.3 Å². The van der Waals surface area contributed by atoms with Crippen LogP contribution >= 0.6 is 22.9 Å². The smallest absolute Gasteiger partial charge is 0.264 e. The van der Waals surface area contributed by atoms with Gasteiger partial charge in [-0.3, -0.25) is 4.79 Å². The average molecular weight is 405 g/mol. The second kappa shape index (κ2) is 7.92. The van der Waals surface area contributed by atoms with E-state index in [-0.39, 0.29) is 11.9 Å². The molecule has 4 rings (SSSR count). The molecule has 2 saturated heterocycles. The van der Waals surface area contributed by atoms with E-state index in [2.05, 4.69) is 18.2 Å². The van der Waals surface area contributed by atoms with Gasteiger partial charge in [0.1, 0.15) is 0 Å². The Balaban J connectivity index is 1.57. The standard InChI is InChI=1S/C21H25ClN2O2S/c1-13-10-19(27-20(13)21(25)24-7-4-16(23)12-24)15-2-3-17(18(22)11-15)14-5-8-26-9-6-14/h2-3,10-11,14,16H,4-9,12,23H2,1H3/t16-/m0/s1. The van der Waals surface area contributed by atoms with Crippen molar-refractivity contribution >= 4 is 28.8 Å². The maximum absolute atomic E-state index is 12.8. The molecule has 1 aromatic heterocycles. The summed E-state index contributed by atoms with van der Waals surface area (Å²) in [5.41, 5.74) is 9.25. The first-order chi connectivity index (χ1) is 13.0. The van der Waals surface area contributed by atoms with Crippen molar-refractivity contribution in [2.45, 2.75) is 38.1 Å². The van der Waals surface area contributed by atoms with Gasteiger partial charge in [0.15, 0.2) is 0 Å². The number of halogens is 1. The monoisotopic (exact) mass is 404 g/mol. The van der Waals surface area contributed by atoms with Crippen LogP contribution in [0.25, 0.3) is 10.4 Å². The molecule has 0 saturated carbocycles. The minimum atomic E-state index is 0.0987. The zero-order valence-corrected chi connectivity index (χ0v) is 17.1. The summed E-state index contributed by atoms with van der Waals surface area (Å²) in [6.07, 6.45) is 2.92. The summed E-state index contributed by atoms with van der Waals surface area (Å²) < 4.78 is 5.46. The van der Waals surface area contributed by atoms with Crippen molar-refractivity contribution in [3.63, 3.8) is 0 Å². The first-order valence-corrected chi connectivity index (χ1v) is 10.7. The van der Waals surface area contributed by atoms with Gasteiger partial charge >= 0.3 is 0 Å². The molecule has 1 atom stereocenters. The molecule has 2 aromatic rings. The molecule has 2 fully saturated rings. The molecule has 0 radical (unpaired) electrons. The largest absolute Gasteiger partial charge is 0.381 e. The van der Waals surface area contributed by atoms with Crippen LogP contribution in [0.2, 0.25) is 5.02 Å². The number of hydrogen-bond donors (Lipinski definition) is 1. The lowest BCUT2D eigenvalue weighted by molar-refractivity contribution is 0.0795. The average Bonchev–Trinajstić information content (AvgIpc) is 3.28. The normalized spacial score (nSPS) is 21.0. The first-order valence-electron chi connectivity index (χ1n) is 9.56. The van der Waals surface area contributed by atoms with E-state index in [1.165, 1.54) is 5.56 Å². The van der Waals surface area contributed by atoms with Crippen LogP contribution in [0.15, 0.2) is 24.3 Å². The van der Waals surface area contributed by atoms with Crippen molar-refractivity contribution in [1.29, 1.82) is 0 Å². The van der Waals surface area contributed by atoms with Crippen LogP contribution in [-0.4, -0.2) is 43.2 Å². The van der Waals surface area contributed by atoms with E-state index in [9.17, 15) is 4.79 Å². The van der Waals surface area contributed by atoms with Crippen molar-refractivity contribution in [1.82, 2.24) is 4.90 Å². The summed E-state index contributed by atoms with van der Waals surface area (Å²) in [7, 11) is 0. The summed E-state index contributed by atoms with van der Waals surface area (Å²) in [6.45, 7) is 5.01. The maximum atomic E-state index is 12.8. The molecule has 144 valence electrons. The van der Waals surface area contributed by atoms with Crippen LogP contribution in [0.5, 0.6) is 0 Å². The van der Waals surface area contributed by atoms with Gasteiger partial charge in [-0.05, 0) is 60.9 Å². The maximum Gasteiger partial charge on any atom is 0.264 e. The SMILES string of the molecule is Cc1cc(-c2ccc(C3CCOCC3)c(Cl)c2)sc1C(=O)N1CC[C@H](N)C1. The Bertz CT molecular complexity index is 845. The fourth-order valence-corrected chi connectivity index (χ4v) is 5.44. The van der Waals surface area contributed by atoms with Crippen LogP contribution in [0.3, 0.4) is 0 Å². The molecule has 4 nitrogen and oxygen atoms in total. The molecule has 0 spiro atoms. The van der Waals surface area contributed by atoms with Crippen LogP contribution in [-0.2, 0) is 4.74 Å². The third-order valence-corrected chi connectivity index (χ3v) is 7.17. The second-order valence-corrected chi connectivity index (χ2v) is 9.01. The van der Waals surface area contributed by atoms with Crippen LogP contribution in [0.4, 0.5) is 0 Å². The molecule has 6 heteroatoms. The van der Waals surface area contributed by atoms with E-state index in [0.717, 1.165) is 64.9 Å². The first kappa shape index (κ1) is 18.9. The molecule has 2 aliphatic heterocycles. The zero-order valence-electron chi connectivity index (χ0n) is 15.5. The Morgan fingerprint density at radius 1 is 1.26 bits per heavy atom. The molecule has 2 aliphatic rings. The number of nitrogens with zero attached hydrogens (tertiary/aromatic N) is 1. The van der Waals surface area contributed by atoms with Crippen LogP contribution < -0.4 is 5.73 Å². The van der Waals surface area contributed by atoms with Crippen molar-refractivity contribution in [3.05, 3.63) is 45.3 Å².